The molecule has 0 saturated carbocycles. The number of nitrogens with one attached hydrogen (secondary N) is 1. The average molecular weight is 229 g/mol. The van der Waals surface area contributed by atoms with Gasteiger partial charge in [-0.25, -0.2) is 8.78 Å². The summed E-state index contributed by atoms with van der Waals surface area (Å²) in [7, 11) is 1.31. The summed E-state index contributed by atoms with van der Waals surface area (Å²) < 4.78 is 28.9. The lowest BCUT2D eigenvalue weighted by Gasteiger charge is -2.05. The number of esters is 1. The Labute approximate surface area is 92.4 Å². The predicted octanol–water partition coefficient (Wildman–Crippen LogP) is 1.89. The highest BCUT2D eigenvalue weighted by Gasteiger charge is 2.05. The van der Waals surface area contributed by atoms with Crippen LogP contribution in [0.2, 0.25) is 0 Å². The molecule has 0 aliphatic heterocycles. The number of benzene rings is 1. The summed E-state index contributed by atoms with van der Waals surface area (Å²) in [6, 6.07) is 5.96. The van der Waals surface area contributed by atoms with Crippen LogP contribution in [0.3, 0.4) is 0 Å². The highest BCUT2D eigenvalue weighted by Crippen LogP contribution is 2.18. The summed E-state index contributed by atoms with van der Waals surface area (Å²) in [5, 5.41) is 2.84. The molecule has 5 heteroatoms. The van der Waals surface area contributed by atoms with E-state index in [0.717, 1.165) is 5.56 Å². The van der Waals surface area contributed by atoms with Crippen molar-refractivity contribution in [3.05, 3.63) is 35.4 Å². The van der Waals surface area contributed by atoms with Crippen LogP contribution in [-0.2, 0) is 16.1 Å². The van der Waals surface area contributed by atoms with Crippen LogP contribution in [0.25, 0.3) is 0 Å². The fourth-order valence-corrected chi connectivity index (χ4v) is 1.16. The Bertz CT molecular complexity index is 338. The van der Waals surface area contributed by atoms with E-state index in [1.165, 1.54) is 19.2 Å². The molecule has 3 nitrogen and oxygen atoms in total. The van der Waals surface area contributed by atoms with Gasteiger partial charge in [0.1, 0.15) is 0 Å². The smallest absolute Gasteiger partial charge is 0.319 e. The minimum Gasteiger partial charge on any atom is -0.468 e. The molecule has 0 unspecified atom stereocenters. The molecule has 0 fully saturated rings. The van der Waals surface area contributed by atoms with Crippen LogP contribution < -0.4 is 5.32 Å². The average Bonchev–Trinajstić information content (AvgIpc) is 2.29. The summed E-state index contributed by atoms with van der Waals surface area (Å²) in [5.74, 6) is -0.357. The van der Waals surface area contributed by atoms with E-state index in [2.05, 4.69) is 10.1 Å². The number of rotatable bonds is 5. The van der Waals surface area contributed by atoms with Gasteiger partial charge in [-0.3, -0.25) is 4.79 Å². The predicted molar refractivity (Wildman–Crippen MR) is 55.1 cm³/mol. The first-order valence-electron chi connectivity index (χ1n) is 4.78. The minimum atomic E-state index is -2.45. The van der Waals surface area contributed by atoms with E-state index < -0.39 is 6.43 Å². The van der Waals surface area contributed by atoms with E-state index in [1.54, 1.807) is 12.1 Å². The lowest BCUT2D eigenvalue weighted by Crippen LogP contribution is -2.23. The maximum absolute atomic E-state index is 12.2. The van der Waals surface area contributed by atoms with Crippen molar-refractivity contribution in [3.8, 4) is 0 Å². The van der Waals surface area contributed by atoms with E-state index in [4.69, 9.17) is 0 Å². The number of alkyl halides is 2. The monoisotopic (exact) mass is 229 g/mol. The molecule has 1 aromatic carbocycles. The van der Waals surface area contributed by atoms with Gasteiger partial charge >= 0.3 is 5.97 Å². The quantitative estimate of drug-likeness (QED) is 0.783. The molecule has 0 aliphatic carbocycles. The summed E-state index contributed by atoms with van der Waals surface area (Å²) in [4.78, 5) is 10.8. The summed E-state index contributed by atoms with van der Waals surface area (Å²) >= 11 is 0. The summed E-state index contributed by atoms with van der Waals surface area (Å²) in [6.45, 7) is 0.547. The van der Waals surface area contributed by atoms with E-state index >= 15 is 0 Å². The van der Waals surface area contributed by atoms with Gasteiger partial charge < -0.3 is 10.1 Å². The van der Waals surface area contributed by atoms with Crippen LogP contribution in [0.15, 0.2) is 24.3 Å². The molecule has 0 aliphatic rings. The molecule has 0 amide bonds. The Morgan fingerprint density at radius 2 is 2.00 bits per heavy atom. The third-order valence-electron chi connectivity index (χ3n) is 2.06. The maximum Gasteiger partial charge on any atom is 0.319 e. The van der Waals surface area contributed by atoms with Crippen LogP contribution in [0.4, 0.5) is 8.78 Å². The van der Waals surface area contributed by atoms with Crippen LogP contribution in [-0.4, -0.2) is 19.6 Å². The van der Waals surface area contributed by atoms with Gasteiger partial charge in [0.25, 0.3) is 6.43 Å². The van der Waals surface area contributed by atoms with Gasteiger partial charge in [0, 0.05) is 12.1 Å². The zero-order valence-electron chi connectivity index (χ0n) is 8.87. The van der Waals surface area contributed by atoms with Crippen molar-refractivity contribution in [1.29, 1.82) is 0 Å². The molecule has 1 rings (SSSR count). The molecule has 1 aromatic rings. The van der Waals surface area contributed by atoms with Crippen LogP contribution in [0, 0.1) is 0 Å². The van der Waals surface area contributed by atoms with Gasteiger partial charge in [0.15, 0.2) is 0 Å². The normalized spacial score (nSPS) is 10.5. The van der Waals surface area contributed by atoms with Crippen molar-refractivity contribution in [1.82, 2.24) is 5.32 Å². The first-order valence-corrected chi connectivity index (χ1v) is 4.78. The summed E-state index contributed by atoms with van der Waals surface area (Å²) in [5.41, 5.74) is 0.838. The van der Waals surface area contributed by atoms with E-state index in [0.29, 0.717) is 6.54 Å². The van der Waals surface area contributed by atoms with Crippen LogP contribution in [0.5, 0.6) is 0 Å². The molecular weight excluding hydrogens is 216 g/mol. The molecule has 0 aromatic heterocycles. The molecule has 0 bridgehead atoms. The third kappa shape index (κ3) is 3.94. The molecule has 0 radical (unpaired) electrons. The number of methoxy groups -OCH3 is 1. The number of halogens is 2. The number of ether oxygens (including phenoxy) is 1. The summed E-state index contributed by atoms with van der Waals surface area (Å²) in [6.07, 6.45) is -2.45. The Balaban J connectivity index is 2.40. The van der Waals surface area contributed by atoms with Crippen LogP contribution >= 0.6 is 0 Å². The van der Waals surface area contributed by atoms with Gasteiger partial charge in [-0.05, 0) is 5.56 Å². The number of carbonyl (C=O) groups is 1. The zero-order valence-corrected chi connectivity index (χ0v) is 8.87. The lowest BCUT2D eigenvalue weighted by molar-refractivity contribution is -0.139. The lowest BCUT2D eigenvalue weighted by atomic mass is 10.1. The van der Waals surface area contributed by atoms with Gasteiger partial charge in [0.2, 0.25) is 0 Å². The Morgan fingerprint density at radius 1 is 1.38 bits per heavy atom. The molecule has 0 atom stereocenters. The second-order valence-electron chi connectivity index (χ2n) is 3.22. The number of hydrogen-bond donors (Lipinski definition) is 1. The van der Waals surface area contributed by atoms with Crippen molar-refractivity contribution in [3.63, 3.8) is 0 Å². The van der Waals surface area contributed by atoms with Crippen molar-refractivity contribution in [2.24, 2.45) is 0 Å². The number of carbonyl (C=O) groups excluding carboxylic acids is 1. The highest BCUT2D eigenvalue weighted by atomic mass is 19.3. The molecule has 16 heavy (non-hydrogen) atoms. The topological polar surface area (TPSA) is 38.3 Å². The molecule has 0 spiro atoms. The van der Waals surface area contributed by atoms with E-state index in [9.17, 15) is 13.6 Å². The highest BCUT2D eigenvalue weighted by molar-refractivity contribution is 5.71. The largest absolute Gasteiger partial charge is 0.468 e. The Kier molecular flexibility index (Phi) is 4.85. The van der Waals surface area contributed by atoms with Gasteiger partial charge in [-0.1, -0.05) is 24.3 Å². The molecular formula is C11H13F2NO2. The Hall–Kier alpha value is -1.49. The minimum absolute atomic E-state index is 0.00304. The van der Waals surface area contributed by atoms with E-state index in [-0.39, 0.29) is 18.1 Å². The second-order valence-corrected chi connectivity index (χ2v) is 3.22. The van der Waals surface area contributed by atoms with Crippen molar-refractivity contribution >= 4 is 5.97 Å². The third-order valence-corrected chi connectivity index (χ3v) is 2.06. The number of hydrogen-bond acceptors (Lipinski definition) is 3. The first kappa shape index (κ1) is 12.6. The standard InChI is InChI=1S/C11H13F2NO2/c1-16-10(15)7-14-6-8-2-4-9(5-3-8)11(12)13/h2-5,11,14H,6-7H2,1H3. The first-order chi connectivity index (χ1) is 7.63. The molecule has 1 N–H and O–H groups in total. The SMILES string of the molecule is COC(=O)CNCc1ccc(C(F)F)cc1. The maximum atomic E-state index is 12.2. The molecule has 88 valence electrons. The van der Waals surface area contributed by atoms with Crippen molar-refractivity contribution in [2.75, 3.05) is 13.7 Å². The molecule has 0 heterocycles. The fraction of sp³-hybridized carbons (Fsp3) is 0.364. The fourth-order valence-electron chi connectivity index (χ4n) is 1.16. The van der Waals surface area contributed by atoms with Crippen LogP contribution in [0.1, 0.15) is 17.6 Å². The zero-order chi connectivity index (χ0) is 12.0. The van der Waals surface area contributed by atoms with Gasteiger partial charge in [0.05, 0.1) is 13.7 Å². The van der Waals surface area contributed by atoms with E-state index in [1.807, 2.05) is 0 Å². The van der Waals surface area contributed by atoms with Gasteiger partial charge in [-0.2, -0.15) is 0 Å². The van der Waals surface area contributed by atoms with Crippen molar-refractivity contribution in [2.45, 2.75) is 13.0 Å². The molecule has 0 saturated heterocycles. The van der Waals surface area contributed by atoms with Gasteiger partial charge in [-0.15, -0.1) is 0 Å². The Morgan fingerprint density at radius 3 is 2.50 bits per heavy atom. The second kappa shape index (κ2) is 6.17. The van der Waals surface area contributed by atoms with Crippen molar-refractivity contribution < 1.29 is 18.3 Å².